The third-order valence-electron chi connectivity index (χ3n) is 6.11. The predicted octanol–water partition coefficient (Wildman–Crippen LogP) is 9.02. The van der Waals surface area contributed by atoms with Crippen LogP contribution in [0.5, 0.6) is 11.5 Å². The third kappa shape index (κ3) is 4.55. The van der Waals surface area contributed by atoms with E-state index >= 15 is 0 Å². The van der Waals surface area contributed by atoms with Crippen molar-refractivity contribution in [3.63, 3.8) is 0 Å². The highest BCUT2D eigenvalue weighted by Gasteiger charge is 2.27. The van der Waals surface area contributed by atoms with Crippen LogP contribution in [0.4, 0.5) is 34.1 Å². The van der Waals surface area contributed by atoms with Crippen molar-refractivity contribution in [1.29, 1.82) is 0 Å². The van der Waals surface area contributed by atoms with Gasteiger partial charge >= 0.3 is 0 Å². The number of hydrogen-bond acceptors (Lipinski definition) is 4. The largest absolute Gasteiger partial charge is 0.453 e. The summed E-state index contributed by atoms with van der Waals surface area (Å²) in [6, 6.07) is 38.9. The van der Waals surface area contributed by atoms with Crippen LogP contribution in [-0.2, 0) is 0 Å². The van der Waals surface area contributed by atoms with E-state index in [2.05, 4.69) is 31.5 Å². The van der Waals surface area contributed by atoms with Crippen molar-refractivity contribution < 1.29 is 9.53 Å². The number of ether oxygens (including phenoxy) is 1. The molecule has 6 heteroatoms. The van der Waals surface area contributed by atoms with Crippen molar-refractivity contribution >= 4 is 56.0 Å². The highest BCUT2D eigenvalue weighted by molar-refractivity contribution is 9.10. The normalized spacial score (nSPS) is 11.6. The zero-order valence-electron chi connectivity index (χ0n) is 19.7. The first kappa shape index (κ1) is 22.9. The van der Waals surface area contributed by atoms with Crippen LogP contribution < -0.4 is 20.3 Å². The van der Waals surface area contributed by atoms with Crippen LogP contribution >= 0.6 is 15.9 Å². The minimum atomic E-state index is -0.203. The summed E-state index contributed by atoms with van der Waals surface area (Å²) >= 11 is 3.71. The van der Waals surface area contributed by atoms with E-state index in [1.165, 1.54) is 0 Å². The van der Waals surface area contributed by atoms with Crippen LogP contribution in [-0.4, -0.2) is 5.91 Å². The fourth-order valence-electron chi connectivity index (χ4n) is 4.36. The summed E-state index contributed by atoms with van der Waals surface area (Å²) in [5, 5.41) is 6.45. The second-order valence-corrected chi connectivity index (χ2v) is 9.38. The molecule has 5 nitrogen and oxygen atoms in total. The Balaban J connectivity index is 1.35. The van der Waals surface area contributed by atoms with E-state index in [1.54, 1.807) is 0 Å². The van der Waals surface area contributed by atoms with Crippen molar-refractivity contribution in [2.24, 2.45) is 0 Å². The van der Waals surface area contributed by atoms with Crippen LogP contribution in [0.15, 0.2) is 126 Å². The maximum atomic E-state index is 13.5. The molecule has 1 aliphatic heterocycles. The first-order chi connectivity index (χ1) is 18.2. The number of nitrogens with one attached hydrogen (secondary N) is 2. The van der Waals surface area contributed by atoms with E-state index < -0.39 is 0 Å². The number of carbonyl (C=O) groups excluding carboxylic acids is 1. The number of halogens is 1. The van der Waals surface area contributed by atoms with E-state index in [9.17, 15) is 4.79 Å². The Hall–Kier alpha value is -4.55. The maximum absolute atomic E-state index is 13.5. The Bertz CT molecular complexity index is 1560. The maximum Gasteiger partial charge on any atom is 0.255 e. The van der Waals surface area contributed by atoms with Gasteiger partial charge in [0.1, 0.15) is 0 Å². The second-order valence-electron chi connectivity index (χ2n) is 8.53. The van der Waals surface area contributed by atoms with Crippen molar-refractivity contribution in [2.45, 2.75) is 0 Å². The van der Waals surface area contributed by atoms with Crippen LogP contribution in [0.3, 0.4) is 0 Å². The predicted molar refractivity (Wildman–Crippen MR) is 153 cm³/mol. The Morgan fingerprint density at radius 2 is 1.24 bits per heavy atom. The molecule has 5 aromatic carbocycles. The second kappa shape index (κ2) is 9.84. The highest BCUT2D eigenvalue weighted by atomic mass is 79.9. The molecule has 1 heterocycles. The molecule has 0 spiro atoms. The molecular weight excluding hydrogens is 526 g/mol. The van der Waals surface area contributed by atoms with Gasteiger partial charge in [0.15, 0.2) is 11.5 Å². The standard InChI is InChI=1S/C31H22BrN3O2/c32-23-19-18-21(31(36)34-25-13-5-4-12-24(25)33-22-10-2-1-3-11-22)20-28(23)35-26-14-6-8-16-29(26)37-30-17-9-7-15-27(30)35/h1-20,33H,(H,34,36). The Labute approximate surface area is 223 Å². The van der Waals surface area contributed by atoms with Gasteiger partial charge in [0, 0.05) is 15.7 Å². The fraction of sp³-hybridized carbons (Fsp3) is 0. The van der Waals surface area contributed by atoms with Crippen LogP contribution in [0.25, 0.3) is 0 Å². The molecular formula is C31H22BrN3O2. The fourth-order valence-corrected chi connectivity index (χ4v) is 4.79. The number of fused-ring (bicyclic) bond motifs is 2. The molecule has 37 heavy (non-hydrogen) atoms. The van der Waals surface area contributed by atoms with Gasteiger partial charge in [-0.1, -0.05) is 54.6 Å². The van der Waals surface area contributed by atoms with Crippen molar-refractivity contribution in [3.05, 3.63) is 131 Å². The van der Waals surface area contributed by atoms with Crippen molar-refractivity contribution in [1.82, 2.24) is 0 Å². The molecule has 0 radical (unpaired) electrons. The van der Waals surface area contributed by atoms with Crippen LogP contribution in [0, 0.1) is 0 Å². The molecule has 6 rings (SSSR count). The minimum absolute atomic E-state index is 0.203. The van der Waals surface area contributed by atoms with Gasteiger partial charge in [0.2, 0.25) is 0 Å². The van der Waals surface area contributed by atoms with E-state index in [-0.39, 0.29) is 5.91 Å². The summed E-state index contributed by atoms with van der Waals surface area (Å²) in [6.45, 7) is 0. The SMILES string of the molecule is O=C(Nc1ccccc1Nc1ccccc1)c1ccc(Br)c(N2c3ccccc3Oc3ccccc32)c1. The summed E-state index contributed by atoms with van der Waals surface area (Å²) in [7, 11) is 0. The monoisotopic (exact) mass is 547 g/mol. The molecule has 0 aromatic heterocycles. The van der Waals surface area contributed by atoms with Crippen molar-refractivity contribution in [2.75, 3.05) is 15.5 Å². The van der Waals surface area contributed by atoms with Gasteiger partial charge in [-0.15, -0.1) is 0 Å². The molecule has 0 saturated carbocycles. The zero-order chi connectivity index (χ0) is 25.2. The molecule has 0 bridgehead atoms. The number of rotatable bonds is 5. The van der Waals surface area contributed by atoms with E-state index in [1.807, 2.05) is 121 Å². The van der Waals surface area contributed by atoms with Gasteiger partial charge in [-0.25, -0.2) is 0 Å². The zero-order valence-corrected chi connectivity index (χ0v) is 21.3. The number of hydrogen-bond donors (Lipinski definition) is 2. The quantitative estimate of drug-likeness (QED) is 0.226. The number of anilines is 6. The topological polar surface area (TPSA) is 53.6 Å². The van der Waals surface area contributed by atoms with Gasteiger partial charge in [-0.3, -0.25) is 4.79 Å². The summed E-state index contributed by atoms with van der Waals surface area (Å²) in [4.78, 5) is 15.6. The van der Waals surface area contributed by atoms with Crippen LogP contribution in [0.1, 0.15) is 10.4 Å². The number of nitrogens with zero attached hydrogens (tertiary/aromatic N) is 1. The van der Waals surface area contributed by atoms with Gasteiger partial charge in [0.25, 0.3) is 5.91 Å². The van der Waals surface area contributed by atoms with Gasteiger partial charge in [-0.2, -0.15) is 0 Å². The first-order valence-corrected chi connectivity index (χ1v) is 12.6. The lowest BCUT2D eigenvalue weighted by molar-refractivity contribution is 0.102. The lowest BCUT2D eigenvalue weighted by Crippen LogP contribution is -2.18. The average Bonchev–Trinajstić information content (AvgIpc) is 2.94. The summed E-state index contributed by atoms with van der Waals surface area (Å²) in [5.41, 5.74) is 5.63. The summed E-state index contributed by atoms with van der Waals surface area (Å²) < 4.78 is 7.01. The van der Waals surface area contributed by atoms with Crippen molar-refractivity contribution in [3.8, 4) is 11.5 Å². The van der Waals surface area contributed by atoms with Gasteiger partial charge < -0.3 is 20.3 Å². The molecule has 2 N–H and O–H groups in total. The summed E-state index contributed by atoms with van der Waals surface area (Å²) in [5.74, 6) is 1.30. The Kier molecular flexibility index (Phi) is 6.08. The molecule has 0 atom stereocenters. The minimum Gasteiger partial charge on any atom is -0.453 e. The molecule has 0 saturated heterocycles. The van der Waals surface area contributed by atoms with E-state index in [0.29, 0.717) is 11.3 Å². The van der Waals surface area contributed by atoms with E-state index in [0.717, 1.165) is 44.4 Å². The molecule has 5 aromatic rings. The van der Waals surface area contributed by atoms with E-state index in [4.69, 9.17) is 4.74 Å². The molecule has 0 fully saturated rings. The van der Waals surface area contributed by atoms with Gasteiger partial charge in [0.05, 0.1) is 28.4 Å². The first-order valence-electron chi connectivity index (χ1n) is 11.9. The molecule has 0 aliphatic carbocycles. The Morgan fingerprint density at radius 1 is 0.649 bits per heavy atom. The lowest BCUT2D eigenvalue weighted by atomic mass is 10.1. The molecule has 1 amide bonds. The number of benzene rings is 5. The molecule has 0 unspecified atom stereocenters. The molecule has 1 aliphatic rings. The lowest BCUT2D eigenvalue weighted by Gasteiger charge is -2.33. The molecule has 180 valence electrons. The summed E-state index contributed by atoms with van der Waals surface area (Å²) in [6.07, 6.45) is 0. The van der Waals surface area contributed by atoms with Gasteiger partial charge in [-0.05, 0) is 82.7 Å². The number of carbonyl (C=O) groups is 1. The Morgan fingerprint density at radius 3 is 1.95 bits per heavy atom. The van der Waals surface area contributed by atoms with Crippen LogP contribution in [0.2, 0.25) is 0 Å². The smallest absolute Gasteiger partial charge is 0.255 e. The third-order valence-corrected chi connectivity index (χ3v) is 6.78. The highest BCUT2D eigenvalue weighted by Crippen LogP contribution is 2.51. The number of para-hydroxylation sites is 7. The average molecular weight is 548 g/mol. The number of amides is 1.